The fourth-order valence-electron chi connectivity index (χ4n) is 2.67. The Morgan fingerprint density at radius 1 is 1.03 bits per heavy atom. The summed E-state index contributed by atoms with van der Waals surface area (Å²) in [7, 11) is 4.41. The summed E-state index contributed by atoms with van der Waals surface area (Å²) in [5.41, 5.74) is 1.27. The molecule has 1 aliphatic heterocycles. The highest BCUT2D eigenvalue weighted by Crippen LogP contribution is 2.39. The van der Waals surface area contributed by atoms with Gasteiger partial charge in [0.05, 0.1) is 21.3 Å². The maximum Gasteiger partial charge on any atom is 0.363 e. The average Bonchev–Trinajstić information content (AvgIpc) is 3.08. The first-order valence-electron chi connectivity index (χ1n) is 8.56. The van der Waals surface area contributed by atoms with Crippen molar-refractivity contribution in [2.75, 3.05) is 21.3 Å². The number of carbonyl (C=O) groups is 2. The Labute approximate surface area is 167 Å². The Hall–Kier alpha value is -3.81. The van der Waals surface area contributed by atoms with Crippen molar-refractivity contribution < 1.29 is 33.3 Å². The normalized spacial score (nSPS) is 14.3. The van der Waals surface area contributed by atoms with Gasteiger partial charge in [0.1, 0.15) is 5.75 Å². The molecule has 0 atom stereocenters. The van der Waals surface area contributed by atoms with E-state index in [1.165, 1.54) is 27.2 Å². The molecule has 8 nitrogen and oxygen atoms in total. The summed E-state index contributed by atoms with van der Waals surface area (Å²) < 4.78 is 26.2. The molecule has 8 heteroatoms. The molecule has 0 amide bonds. The molecule has 150 valence electrons. The lowest BCUT2D eigenvalue weighted by molar-refractivity contribution is -0.132. The van der Waals surface area contributed by atoms with Crippen molar-refractivity contribution in [3.8, 4) is 23.0 Å². The fourth-order valence-corrected chi connectivity index (χ4v) is 2.67. The minimum atomic E-state index is -0.593. The lowest BCUT2D eigenvalue weighted by Gasteiger charge is -2.13. The quantitative estimate of drug-likeness (QED) is 0.420. The highest BCUT2D eigenvalue weighted by molar-refractivity contribution is 6.13. The molecule has 0 aromatic heterocycles. The molecular weight excluding hydrogens is 378 g/mol. The van der Waals surface area contributed by atoms with E-state index in [0.717, 1.165) is 0 Å². The van der Waals surface area contributed by atoms with Crippen LogP contribution in [0.3, 0.4) is 0 Å². The molecule has 1 heterocycles. The van der Waals surface area contributed by atoms with E-state index in [9.17, 15) is 9.59 Å². The van der Waals surface area contributed by atoms with E-state index >= 15 is 0 Å². The summed E-state index contributed by atoms with van der Waals surface area (Å²) in [5.74, 6) is 0.387. The van der Waals surface area contributed by atoms with E-state index in [2.05, 4.69) is 4.99 Å². The van der Waals surface area contributed by atoms with Crippen LogP contribution in [-0.2, 0) is 14.3 Å². The molecule has 0 N–H and O–H groups in total. The standard InChI is InChI=1S/C21H19NO7/c1-12(23)28-19-17(26-3)9-13(10-18(19)27-4)8-16-21(24)29-20(22-16)14-6-5-7-15(11-14)25-2/h5-11H,1-4H3/b16-8-. The maximum absolute atomic E-state index is 12.3. The van der Waals surface area contributed by atoms with Gasteiger partial charge in [-0.15, -0.1) is 0 Å². The van der Waals surface area contributed by atoms with Crippen molar-refractivity contribution in [3.63, 3.8) is 0 Å². The molecule has 0 spiro atoms. The first-order chi connectivity index (χ1) is 13.9. The van der Waals surface area contributed by atoms with Crippen molar-refractivity contribution in [2.45, 2.75) is 6.92 Å². The van der Waals surface area contributed by atoms with E-state index in [1.807, 2.05) is 0 Å². The van der Waals surface area contributed by atoms with Crippen LogP contribution >= 0.6 is 0 Å². The van der Waals surface area contributed by atoms with Gasteiger partial charge in [-0.05, 0) is 42.0 Å². The number of benzene rings is 2. The van der Waals surface area contributed by atoms with Crippen LogP contribution in [0.2, 0.25) is 0 Å². The zero-order chi connectivity index (χ0) is 21.0. The third-order valence-corrected chi connectivity index (χ3v) is 3.97. The minimum absolute atomic E-state index is 0.104. The number of hydrogen-bond acceptors (Lipinski definition) is 8. The van der Waals surface area contributed by atoms with Crippen LogP contribution < -0.4 is 18.9 Å². The molecule has 0 unspecified atom stereocenters. The van der Waals surface area contributed by atoms with Crippen LogP contribution in [0.4, 0.5) is 0 Å². The van der Waals surface area contributed by atoms with Gasteiger partial charge in [-0.1, -0.05) is 6.07 Å². The van der Waals surface area contributed by atoms with Gasteiger partial charge in [-0.2, -0.15) is 0 Å². The number of hydrogen-bond donors (Lipinski definition) is 0. The predicted octanol–water partition coefficient (Wildman–Crippen LogP) is 2.98. The van der Waals surface area contributed by atoms with Crippen LogP contribution in [0.25, 0.3) is 6.08 Å². The third kappa shape index (κ3) is 4.37. The summed E-state index contributed by atoms with van der Waals surface area (Å²) in [6.45, 7) is 1.28. The Bertz CT molecular complexity index is 998. The molecular formula is C21H19NO7. The van der Waals surface area contributed by atoms with Gasteiger partial charge in [0.15, 0.2) is 17.2 Å². The average molecular weight is 397 g/mol. The summed E-state index contributed by atoms with van der Waals surface area (Å²) in [4.78, 5) is 27.9. The summed E-state index contributed by atoms with van der Waals surface area (Å²) in [6, 6.07) is 10.2. The lowest BCUT2D eigenvalue weighted by Crippen LogP contribution is -2.06. The summed E-state index contributed by atoms with van der Waals surface area (Å²) in [5, 5.41) is 0. The van der Waals surface area contributed by atoms with Crippen LogP contribution in [0.5, 0.6) is 23.0 Å². The van der Waals surface area contributed by atoms with E-state index in [4.69, 9.17) is 23.7 Å². The number of methoxy groups -OCH3 is 3. The molecule has 0 saturated carbocycles. The van der Waals surface area contributed by atoms with Crippen molar-refractivity contribution in [1.82, 2.24) is 0 Å². The monoisotopic (exact) mass is 397 g/mol. The Morgan fingerprint density at radius 3 is 2.31 bits per heavy atom. The SMILES string of the molecule is COc1cccc(C2=N/C(=C\c3cc(OC)c(OC(C)=O)c(OC)c3)C(=O)O2)c1. The smallest absolute Gasteiger partial charge is 0.363 e. The number of carbonyl (C=O) groups excluding carboxylic acids is 2. The van der Waals surface area contributed by atoms with Crippen LogP contribution in [-0.4, -0.2) is 39.2 Å². The number of rotatable bonds is 6. The molecule has 0 fully saturated rings. The number of esters is 2. The molecule has 0 bridgehead atoms. The van der Waals surface area contributed by atoms with E-state index in [1.54, 1.807) is 43.5 Å². The summed E-state index contributed by atoms with van der Waals surface area (Å²) in [6.07, 6.45) is 1.53. The molecule has 0 radical (unpaired) electrons. The molecule has 3 rings (SSSR count). The fraction of sp³-hybridized carbons (Fsp3) is 0.190. The molecule has 2 aromatic rings. The molecule has 0 aliphatic carbocycles. The van der Waals surface area contributed by atoms with Gasteiger partial charge in [0.2, 0.25) is 11.6 Å². The van der Waals surface area contributed by atoms with Crippen LogP contribution in [0.1, 0.15) is 18.1 Å². The van der Waals surface area contributed by atoms with E-state index < -0.39 is 11.9 Å². The maximum atomic E-state index is 12.3. The molecule has 2 aromatic carbocycles. The molecule has 0 saturated heterocycles. The zero-order valence-corrected chi connectivity index (χ0v) is 16.3. The second-order valence-corrected chi connectivity index (χ2v) is 5.92. The van der Waals surface area contributed by atoms with Gasteiger partial charge in [-0.3, -0.25) is 4.79 Å². The minimum Gasteiger partial charge on any atom is -0.497 e. The first kappa shape index (κ1) is 19.9. The van der Waals surface area contributed by atoms with Crippen LogP contribution in [0.15, 0.2) is 47.1 Å². The van der Waals surface area contributed by atoms with Crippen LogP contribution in [0, 0.1) is 0 Å². The van der Waals surface area contributed by atoms with Gasteiger partial charge < -0.3 is 23.7 Å². The summed E-state index contributed by atoms with van der Waals surface area (Å²) >= 11 is 0. The number of nitrogens with zero attached hydrogens (tertiary/aromatic N) is 1. The van der Waals surface area contributed by atoms with E-state index in [0.29, 0.717) is 16.9 Å². The number of ether oxygens (including phenoxy) is 5. The van der Waals surface area contributed by atoms with Crippen molar-refractivity contribution in [3.05, 3.63) is 53.2 Å². The topological polar surface area (TPSA) is 92.6 Å². The Morgan fingerprint density at radius 2 is 1.72 bits per heavy atom. The van der Waals surface area contributed by atoms with Gasteiger partial charge in [-0.25, -0.2) is 9.79 Å². The zero-order valence-electron chi connectivity index (χ0n) is 16.3. The lowest BCUT2D eigenvalue weighted by atomic mass is 10.1. The van der Waals surface area contributed by atoms with Gasteiger partial charge in [0.25, 0.3) is 0 Å². The van der Waals surface area contributed by atoms with Crippen molar-refractivity contribution in [1.29, 1.82) is 0 Å². The third-order valence-electron chi connectivity index (χ3n) is 3.97. The number of aliphatic imine (C=N–C) groups is 1. The highest BCUT2D eigenvalue weighted by atomic mass is 16.6. The van der Waals surface area contributed by atoms with Crippen molar-refractivity contribution in [2.24, 2.45) is 4.99 Å². The van der Waals surface area contributed by atoms with E-state index in [-0.39, 0.29) is 28.8 Å². The van der Waals surface area contributed by atoms with Crippen molar-refractivity contribution >= 4 is 23.9 Å². The van der Waals surface area contributed by atoms with Gasteiger partial charge >= 0.3 is 11.9 Å². The number of cyclic esters (lactones) is 1. The highest BCUT2D eigenvalue weighted by Gasteiger charge is 2.25. The van der Waals surface area contributed by atoms with Gasteiger partial charge in [0, 0.05) is 12.5 Å². The second kappa shape index (κ2) is 8.47. The largest absolute Gasteiger partial charge is 0.497 e. The second-order valence-electron chi connectivity index (χ2n) is 5.92. The molecule has 29 heavy (non-hydrogen) atoms. The first-order valence-corrected chi connectivity index (χ1v) is 8.56. The Kier molecular flexibility index (Phi) is 5.82. The molecule has 1 aliphatic rings. The Balaban J connectivity index is 1.99. The predicted molar refractivity (Wildman–Crippen MR) is 104 cm³/mol.